The smallest absolute Gasteiger partial charge is 0.262 e. The number of benzene rings is 2. The first-order valence-corrected chi connectivity index (χ1v) is 12.4. The van der Waals surface area contributed by atoms with Crippen LogP contribution in [0.25, 0.3) is 0 Å². The van der Waals surface area contributed by atoms with Crippen LogP contribution in [0.5, 0.6) is 0 Å². The van der Waals surface area contributed by atoms with E-state index < -0.39 is 21.8 Å². The second-order valence-electron chi connectivity index (χ2n) is 7.99. The van der Waals surface area contributed by atoms with E-state index in [9.17, 15) is 22.8 Å². The second-order valence-corrected chi connectivity index (χ2v) is 9.67. The highest BCUT2D eigenvalue weighted by molar-refractivity contribution is 7.90. The molecule has 0 saturated carbocycles. The van der Waals surface area contributed by atoms with Crippen LogP contribution in [0.3, 0.4) is 0 Å². The molecule has 2 aliphatic rings. The van der Waals surface area contributed by atoms with E-state index in [1.54, 1.807) is 35.2 Å². The van der Waals surface area contributed by atoms with Crippen molar-refractivity contribution in [2.75, 3.05) is 29.9 Å². The molecule has 3 amide bonds. The number of carbonyl (C=O) groups is 3. The normalized spacial score (nSPS) is 15.7. The monoisotopic (exact) mass is 483 g/mol. The number of amides is 3. The number of carbonyl (C=O) groups excluding carboxylic acids is 3. The largest absolute Gasteiger partial charge is 0.343 e. The molecule has 0 unspecified atom stereocenters. The lowest BCUT2D eigenvalue weighted by atomic mass is 10.2. The van der Waals surface area contributed by atoms with E-state index in [2.05, 4.69) is 20.3 Å². The standard InChI is InChI=1S/C23H25N5O5S/c29-21(15-25-23(31)16-8-10-18(11-9-16)28-13-3-7-22(28)30)26-17-4-1-5-19(14-17)34(32,33)27-20-6-2-12-24-20/h1,4-5,8-11,14H,2-3,6-7,12-13,15H2,(H,24,27)(H,25,31)(H,26,29). The Morgan fingerprint density at radius 3 is 2.50 bits per heavy atom. The number of aliphatic imine (C=N–C) groups is 1. The van der Waals surface area contributed by atoms with Crippen molar-refractivity contribution < 1.29 is 22.8 Å². The van der Waals surface area contributed by atoms with Crippen LogP contribution in [0.2, 0.25) is 0 Å². The number of nitrogens with one attached hydrogen (secondary N) is 3. The van der Waals surface area contributed by atoms with Gasteiger partial charge in [0.05, 0.1) is 11.4 Å². The number of nitrogens with zero attached hydrogens (tertiary/aromatic N) is 2. The van der Waals surface area contributed by atoms with Gasteiger partial charge in [0.25, 0.3) is 15.9 Å². The number of hydrogen-bond donors (Lipinski definition) is 3. The molecule has 0 radical (unpaired) electrons. The fourth-order valence-electron chi connectivity index (χ4n) is 3.76. The Morgan fingerprint density at radius 2 is 1.82 bits per heavy atom. The Kier molecular flexibility index (Phi) is 6.92. The molecular formula is C23H25N5O5S. The molecule has 1 saturated heterocycles. The van der Waals surface area contributed by atoms with Gasteiger partial charge in [-0.05, 0) is 55.3 Å². The van der Waals surface area contributed by atoms with Crippen LogP contribution in [0.4, 0.5) is 11.4 Å². The van der Waals surface area contributed by atoms with Gasteiger partial charge in [-0.1, -0.05) is 6.07 Å². The Morgan fingerprint density at radius 1 is 1.03 bits per heavy atom. The minimum atomic E-state index is -3.80. The summed E-state index contributed by atoms with van der Waals surface area (Å²) in [6.07, 6.45) is 2.73. The van der Waals surface area contributed by atoms with E-state index in [1.807, 2.05) is 0 Å². The quantitative estimate of drug-likeness (QED) is 0.550. The van der Waals surface area contributed by atoms with Crippen LogP contribution in [0.15, 0.2) is 58.4 Å². The van der Waals surface area contributed by atoms with Crippen molar-refractivity contribution in [1.29, 1.82) is 0 Å². The highest BCUT2D eigenvalue weighted by atomic mass is 32.2. The van der Waals surface area contributed by atoms with Crippen LogP contribution in [0, 0.1) is 0 Å². The first-order chi connectivity index (χ1) is 16.3. The lowest BCUT2D eigenvalue weighted by Crippen LogP contribution is -2.33. The molecule has 34 heavy (non-hydrogen) atoms. The van der Waals surface area contributed by atoms with Crippen molar-refractivity contribution in [2.24, 2.45) is 4.99 Å². The van der Waals surface area contributed by atoms with Crippen molar-refractivity contribution in [3.8, 4) is 0 Å². The van der Waals surface area contributed by atoms with E-state index in [0.717, 1.165) is 18.5 Å². The predicted octanol–water partition coefficient (Wildman–Crippen LogP) is 1.65. The van der Waals surface area contributed by atoms with Gasteiger partial charge in [-0.3, -0.25) is 24.1 Å². The molecular weight excluding hydrogens is 458 g/mol. The fraction of sp³-hybridized carbons (Fsp3) is 0.304. The average Bonchev–Trinajstić information content (AvgIpc) is 3.49. The zero-order valence-electron chi connectivity index (χ0n) is 18.4. The minimum Gasteiger partial charge on any atom is -0.343 e. The lowest BCUT2D eigenvalue weighted by Gasteiger charge is -2.15. The number of anilines is 2. The van der Waals surface area contributed by atoms with Crippen molar-refractivity contribution >= 4 is 45.0 Å². The SMILES string of the molecule is O=C(CNC(=O)c1ccc(N2CCCC2=O)cc1)Nc1cccc(S(=O)(=O)NC2=NCCC2)c1. The van der Waals surface area contributed by atoms with Crippen LogP contribution < -0.4 is 20.3 Å². The molecule has 11 heteroatoms. The molecule has 0 aliphatic carbocycles. The summed E-state index contributed by atoms with van der Waals surface area (Å²) in [5.74, 6) is -0.450. The second kappa shape index (κ2) is 10.0. The van der Waals surface area contributed by atoms with Gasteiger partial charge in [0.15, 0.2) is 0 Å². The Balaban J connectivity index is 1.31. The van der Waals surface area contributed by atoms with Gasteiger partial charge in [-0.25, -0.2) is 8.42 Å². The molecule has 0 bridgehead atoms. The number of amidine groups is 1. The van der Waals surface area contributed by atoms with Gasteiger partial charge in [0, 0.05) is 42.9 Å². The number of rotatable bonds is 7. The third-order valence-corrected chi connectivity index (χ3v) is 6.86. The molecule has 2 aromatic rings. The highest BCUT2D eigenvalue weighted by Gasteiger charge is 2.22. The molecule has 0 atom stereocenters. The van der Waals surface area contributed by atoms with Crippen LogP contribution in [-0.2, 0) is 19.6 Å². The Bertz CT molecular complexity index is 1240. The molecule has 2 aromatic carbocycles. The molecule has 3 N–H and O–H groups in total. The first-order valence-electron chi connectivity index (χ1n) is 11.0. The van der Waals surface area contributed by atoms with Crippen LogP contribution in [-0.4, -0.2) is 51.6 Å². The Labute approximate surface area is 197 Å². The minimum absolute atomic E-state index is 0.000472. The van der Waals surface area contributed by atoms with Crippen molar-refractivity contribution in [3.63, 3.8) is 0 Å². The van der Waals surface area contributed by atoms with Gasteiger partial charge in [-0.15, -0.1) is 0 Å². The van der Waals surface area contributed by atoms with E-state index in [-0.39, 0.29) is 23.0 Å². The molecule has 1 fully saturated rings. The van der Waals surface area contributed by atoms with Gasteiger partial charge < -0.3 is 15.5 Å². The van der Waals surface area contributed by atoms with Crippen LogP contribution >= 0.6 is 0 Å². The third-order valence-electron chi connectivity index (χ3n) is 5.48. The maximum Gasteiger partial charge on any atom is 0.262 e. The molecule has 10 nitrogen and oxygen atoms in total. The summed E-state index contributed by atoms with van der Waals surface area (Å²) in [5, 5.41) is 5.12. The maximum atomic E-state index is 12.5. The van der Waals surface area contributed by atoms with E-state index >= 15 is 0 Å². The summed E-state index contributed by atoms with van der Waals surface area (Å²) in [5.41, 5.74) is 1.38. The van der Waals surface area contributed by atoms with Crippen LogP contribution in [0.1, 0.15) is 36.0 Å². The summed E-state index contributed by atoms with van der Waals surface area (Å²) in [6, 6.07) is 12.5. The zero-order chi connectivity index (χ0) is 24.1. The first kappa shape index (κ1) is 23.4. The van der Waals surface area contributed by atoms with Gasteiger partial charge in [0.2, 0.25) is 11.8 Å². The zero-order valence-corrected chi connectivity index (χ0v) is 19.2. The topological polar surface area (TPSA) is 137 Å². The number of sulfonamides is 1. The molecule has 178 valence electrons. The molecule has 2 heterocycles. The van der Waals surface area contributed by atoms with Gasteiger partial charge in [0.1, 0.15) is 5.84 Å². The third kappa shape index (κ3) is 5.60. The maximum absolute atomic E-state index is 12.5. The molecule has 0 spiro atoms. The highest BCUT2D eigenvalue weighted by Crippen LogP contribution is 2.21. The summed E-state index contributed by atoms with van der Waals surface area (Å²) in [7, 11) is -3.80. The lowest BCUT2D eigenvalue weighted by molar-refractivity contribution is -0.117. The average molecular weight is 484 g/mol. The van der Waals surface area contributed by atoms with Crippen molar-refractivity contribution in [2.45, 2.75) is 30.6 Å². The molecule has 2 aliphatic heterocycles. The predicted molar refractivity (Wildman–Crippen MR) is 127 cm³/mol. The van der Waals surface area contributed by atoms with Crippen molar-refractivity contribution in [3.05, 3.63) is 54.1 Å². The summed E-state index contributed by atoms with van der Waals surface area (Å²) >= 11 is 0. The Hall–Kier alpha value is -3.73. The molecule has 4 rings (SSSR count). The van der Waals surface area contributed by atoms with Crippen molar-refractivity contribution in [1.82, 2.24) is 10.0 Å². The molecule has 0 aromatic heterocycles. The van der Waals surface area contributed by atoms with E-state index in [0.29, 0.717) is 37.3 Å². The fourth-order valence-corrected chi connectivity index (χ4v) is 4.89. The van der Waals surface area contributed by atoms with E-state index in [1.165, 1.54) is 18.2 Å². The summed E-state index contributed by atoms with van der Waals surface area (Å²) < 4.78 is 27.5. The number of hydrogen-bond acceptors (Lipinski definition) is 6. The van der Waals surface area contributed by atoms with Gasteiger partial charge in [-0.2, -0.15) is 0 Å². The summed E-state index contributed by atoms with van der Waals surface area (Å²) in [4.78, 5) is 42.3. The van der Waals surface area contributed by atoms with E-state index in [4.69, 9.17) is 0 Å². The summed E-state index contributed by atoms with van der Waals surface area (Å²) in [6.45, 7) is 0.969. The van der Waals surface area contributed by atoms with Gasteiger partial charge >= 0.3 is 0 Å².